The summed E-state index contributed by atoms with van der Waals surface area (Å²) < 4.78 is 2.24. The van der Waals surface area contributed by atoms with Gasteiger partial charge in [0.25, 0.3) is 0 Å². The summed E-state index contributed by atoms with van der Waals surface area (Å²) in [5.41, 5.74) is 1.67. The van der Waals surface area contributed by atoms with E-state index in [1.165, 1.54) is 6.42 Å². The van der Waals surface area contributed by atoms with Crippen LogP contribution >= 0.6 is 0 Å². The van der Waals surface area contributed by atoms with Crippen LogP contribution in [0.2, 0.25) is 0 Å². The fourth-order valence-corrected chi connectivity index (χ4v) is 4.88. The first-order valence-electron chi connectivity index (χ1n) is 10.3. The van der Waals surface area contributed by atoms with Crippen molar-refractivity contribution in [2.75, 3.05) is 11.9 Å². The number of carbonyl (C=O) groups excluding carboxylic acids is 2. The van der Waals surface area contributed by atoms with Crippen LogP contribution in [0.1, 0.15) is 67.7 Å². The van der Waals surface area contributed by atoms with Gasteiger partial charge in [0.05, 0.1) is 12.0 Å². The van der Waals surface area contributed by atoms with Crippen LogP contribution in [0.15, 0.2) is 24.3 Å². The van der Waals surface area contributed by atoms with Crippen LogP contribution < -0.4 is 5.32 Å². The van der Waals surface area contributed by atoms with Crippen molar-refractivity contribution in [3.63, 3.8) is 0 Å². The van der Waals surface area contributed by atoms with Crippen molar-refractivity contribution < 1.29 is 9.59 Å². The van der Waals surface area contributed by atoms with Gasteiger partial charge in [0.15, 0.2) is 5.82 Å². The highest BCUT2D eigenvalue weighted by molar-refractivity contribution is 6.01. The quantitative estimate of drug-likeness (QED) is 0.870. The molecule has 2 atom stereocenters. The van der Waals surface area contributed by atoms with Gasteiger partial charge in [-0.2, -0.15) is 0 Å². The zero-order valence-corrected chi connectivity index (χ0v) is 15.9. The molecule has 3 aliphatic heterocycles. The Bertz CT molecular complexity index is 921. The lowest BCUT2D eigenvalue weighted by molar-refractivity contribution is -0.136. The standard InChI is InChI=1S/C21H25N5O2/c27-19-13-15(14-7-3-4-8-16(14)22-19)21(28)25-12-6-9-17(25)20-24-23-18-10-2-1-5-11-26(18)20/h3-4,7-8,15,17H,1-2,5-6,9-13H2,(H,22,27). The molecule has 0 spiro atoms. The maximum atomic E-state index is 13.5. The van der Waals surface area contributed by atoms with Gasteiger partial charge >= 0.3 is 0 Å². The summed E-state index contributed by atoms with van der Waals surface area (Å²) in [6.45, 7) is 1.65. The molecular formula is C21H25N5O2. The van der Waals surface area contributed by atoms with Crippen molar-refractivity contribution in [3.8, 4) is 0 Å². The summed E-state index contributed by atoms with van der Waals surface area (Å²) in [4.78, 5) is 27.7. The van der Waals surface area contributed by atoms with E-state index in [1.807, 2.05) is 29.2 Å². The first kappa shape index (κ1) is 17.4. The second-order valence-electron chi connectivity index (χ2n) is 8.02. The molecule has 2 amide bonds. The number of anilines is 1. The molecule has 2 unspecified atom stereocenters. The van der Waals surface area contributed by atoms with E-state index in [0.29, 0.717) is 6.54 Å². The molecule has 3 aliphatic rings. The van der Waals surface area contributed by atoms with Crippen molar-refractivity contribution in [1.29, 1.82) is 0 Å². The van der Waals surface area contributed by atoms with Gasteiger partial charge in [-0.15, -0.1) is 10.2 Å². The second-order valence-corrected chi connectivity index (χ2v) is 8.02. The lowest BCUT2D eigenvalue weighted by Gasteiger charge is -2.31. The van der Waals surface area contributed by atoms with E-state index in [-0.39, 0.29) is 24.3 Å². The molecule has 28 heavy (non-hydrogen) atoms. The van der Waals surface area contributed by atoms with Gasteiger partial charge in [-0.05, 0) is 37.3 Å². The van der Waals surface area contributed by atoms with Gasteiger partial charge in [0.1, 0.15) is 5.82 Å². The average Bonchev–Trinajstić information content (AvgIpc) is 3.27. The molecule has 7 heteroatoms. The van der Waals surface area contributed by atoms with Crippen LogP contribution in [0, 0.1) is 0 Å². The number of likely N-dealkylation sites (tertiary alicyclic amines) is 1. The fourth-order valence-electron chi connectivity index (χ4n) is 4.88. The Morgan fingerprint density at radius 3 is 2.89 bits per heavy atom. The monoisotopic (exact) mass is 379 g/mol. The maximum Gasteiger partial charge on any atom is 0.231 e. The summed E-state index contributed by atoms with van der Waals surface area (Å²) in [5.74, 6) is 1.50. The van der Waals surface area contributed by atoms with Crippen molar-refractivity contribution in [1.82, 2.24) is 19.7 Å². The average molecular weight is 379 g/mol. The predicted octanol–water partition coefficient (Wildman–Crippen LogP) is 2.79. The van der Waals surface area contributed by atoms with Crippen molar-refractivity contribution in [2.24, 2.45) is 0 Å². The lowest BCUT2D eigenvalue weighted by Crippen LogP contribution is -2.39. The molecule has 2 aromatic rings. The summed E-state index contributed by atoms with van der Waals surface area (Å²) >= 11 is 0. The molecular weight excluding hydrogens is 354 g/mol. The Morgan fingerprint density at radius 2 is 1.96 bits per heavy atom. The Kier molecular flexibility index (Phi) is 4.37. The SMILES string of the molecule is O=C1CC(C(=O)N2CCCC2c2nnc3n2CCCCC3)c2ccccc2N1. The number of aryl methyl sites for hydroxylation is 1. The van der Waals surface area contributed by atoms with Crippen LogP contribution in [0.5, 0.6) is 0 Å². The van der Waals surface area contributed by atoms with Crippen LogP contribution in [-0.2, 0) is 22.6 Å². The highest BCUT2D eigenvalue weighted by atomic mass is 16.2. The Balaban J connectivity index is 1.46. The normalized spacial score (nSPS) is 24.3. The Morgan fingerprint density at radius 1 is 1.07 bits per heavy atom. The highest BCUT2D eigenvalue weighted by Gasteiger charge is 2.40. The van der Waals surface area contributed by atoms with Crippen LogP contribution in [-0.4, -0.2) is 38.0 Å². The molecule has 1 aromatic heterocycles. The van der Waals surface area contributed by atoms with Crippen molar-refractivity contribution in [2.45, 2.75) is 63.5 Å². The van der Waals surface area contributed by atoms with E-state index < -0.39 is 5.92 Å². The largest absolute Gasteiger partial charge is 0.332 e. The number of carbonyl (C=O) groups is 2. The van der Waals surface area contributed by atoms with Gasteiger partial charge < -0.3 is 14.8 Å². The van der Waals surface area contributed by atoms with Gasteiger partial charge in [-0.25, -0.2) is 0 Å². The molecule has 1 fully saturated rings. The van der Waals surface area contributed by atoms with Crippen LogP contribution in [0.4, 0.5) is 5.69 Å². The van der Waals surface area contributed by atoms with E-state index >= 15 is 0 Å². The Hall–Kier alpha value is -2.70. The molecule has 0 radical (unpaired) electrons. The molecule has 0 saturated carbocycles. The minimum absolute atomic E-state index is 0.0378. The zero-order valence-electron chi connectivity index (χ0n) is 15.9. The van der Waals surface area contributed by atoms with E-state index in [4.69, 9.17) is 0 Å². The van der Waals surface area contributed by atoms with Gasteiger partial charge in [0, 0.05) is 31.6 Å². The molecule has 4 heterocycles. The molecule has 0 bridgehead atoms. The minimum Gasteiger partial charge on any atom is -0.332 e. The van der Waals surface area contributed by atoms with E-state index in [1.54, 1.807) is 0 Å². The number of aromatic nitrogens is 3. The Labute approximate surface area is 164 Å². The van der Waals surface area contributed by atoms with Crippen LogP contribution in [0.3, 0.4) is 0 Å². The van der Waals surface area contributed by atoms with Crippen LogP contribution in [0.25, 0.3) is 0 Å². The van der Waals surface area contributed by atoms with Crippen molar-refractivity contribution >= 4 is 17.5 Å². The second kappa shape index (κ2) is 7.04. The summed E-state index contributed by atoms with van der Waals surface area (Å²) in [7, 11) is 0. The summed E-state index contributed by atoms with van der Waals surface area (Å²) in [6.07, 6.45) is 6.53. The highest BCUT2D eigenvalue weighted by Crippen LogP contribution is 2.39. The first-order chi connectivity index (χ1) is 13.7. The predicted molar refractivity (Wildman–Crippen MR) is 104 cm³/mol. The molecule has 1 aromatic carbocycles. The first-order valence-corrected chi connectivity index (χ1v) is 10.3. The number of para-hydroxylation sites is 1. The lowest BCUT2D eigenvalue weighted by atomic mass is 9.89. The van der Waals surface area contributed by atoms with Gasteiger partial charge in [-0.1, -0.05) is 24.6 Å². The molecule has 146 valence electrons. The van der Waals surface area contributed by atoms with Gasteiger partial charge in [-0.3, -0.25) is 9.59 Å². The zero-order chi connectivity index (χ0) is 19.1. The van der Waals surface area contributed by atoms with Gasteiger partial charge in [0.2, 0.25) is 11.8 Å². The minimum atomic E-state index is -0.419. The summed E-state index contributed by atoms with van der Waals surface area (Å²) in [5, 5.41) is 11.8. The third-order valence-corrected chi connectivity index (χ3v) is 6.27. The number of benzene rings is 1. The van der Waals surface area contributed by atoms with Crippen molar-refractivity contribution in [3.05, 3.63) is 41.5 Å². The molecule has 5 rings (SSSR count). The number of fused-ring (bicyclic) bond motifs is 2. The number of nitrogens with zero attached hydrogens (tertiary/aromatic N) is 4. The van der Waals surface area contributed by atoms with E-state index in [9.17, 15) is 9.59 Å². The molecule has 7 nitrogen and oxygen atoms in total. The maximum absolute atomic E-state index is 13.5. The number of hydrogen-bond donors (Lipinski definition) is 1. The summed E-state index contributed by atoms with van der Waals surface area (Å²) in [6, 6.07) is 7.59. The third kappa shape index (κ3) is 2.89. The number of rotatable bonds is 2. The molecule has 1 N–H and O–H groups in total. The number of nitrogens with one attached hydrogen (secondary N) is 1. The molecule has 1 saturated heterocycles. The number of hydrogen-bond acceptors (Lipinski definition) is 4. The smallest absolute Gasteiger partial charge is 0.231 e. The third-order valence-electron chi connectivity index (χ3n) is 6.27. The van der Waals surface area contributed by atoms with E-state index in [2.05, 4.69) is 20.1 Å². The number of amides is 2. The fraction of sp³-hybridized carbons (Fsp3) is 0.524. The van der Waals surface area contributed by atoms with E-state index in [0.717, 1.165) is 61.5 Å². The topological polar surface area (TPSA) is 80.1 Å². The molecule has 0 aliphatic carbocycles.